The maximum atomic E-state index is 11.4. The fraction of sp³-hybridized carbons (Fsp3) is 0.364. The zero-order chi connectivity index (χ0) is 15.3. The molecule has 1 aromatic rings. The molecule has 2 N–H and O–H groups in total. The number of pyridine rings is 1. The van der Waals surface area contributed by atoms with Gasteiger partial charge in [-0.1, -0.05) is 0 Å². The third kappa shape index (κ3) is 3.90. The third-order valence-corrected chi connectivity index (χ3v) is 2.42. The van der Waals surface area contributed by atoms with Crippen molar-refractivity contribution in [1.82, 2.24) is 9.88 Å². The van der Waals surface area contributed by atoms with E-state index in [9.17, 15) is 19.7 Å². The van der Waals surface area contributed by atoms with Crippen molar-refractivity contribution in [2.24, 2.45) is 0 Å². The molecule has 0 aliphatic heterocycles. The molecule has 0 bridgehead atoms. The molecular weight excluding hydrogens is 268 g/mol. The van der Waals surface area contributed by atoms with Gasteiger partial charge in [-0.2, -0.15) is 0 Å². The van der Waals surface area contributed by atoms with Crippen molar-refractivity contribution in [3.05, 3.63) is 27.9 Å². The Hall–Kier alpha value is -2.71. The van der Waals surface area contributed by atoms with Crippen molar-refractivity contribution in [2.45, 2.75) is 6.42 Å². The molecular formula is C11H14N4O5. The fourth-order valence-electron chi connectivity index (χ4n) is 1.36. The molecule has 0 saturated heterocycles. The lowest BCUT2D eigenvalue weighted by atomic mass is 10.3. The van der Waals surface area contributed by atoms with Crippen LogP contribution in [0.2, 0.25) is 0 Å². The van der Waals surface area contributed by atoms with Crippen LogP contribution in [0.4, 0.5) is 11.5 Å². The lowest BCUT2D eigenvalue weighted by Crippen LogP contribution is -2.24. The van der Waals surface area contributed by atoms with Crippen molar-refractivity contribution < 1.29 is 19.6 Å². The van der Waals surface area contributed by atoms with E-state index in [1.54, 1.807) is 14.1 Å². The zero-order valence-corrected chi connectivity index (χ0v) is 11.0. The highest BCUT2D eigenvalue weighted by Crippen LogP contribution is 2.22. The Balaban J connectivity index is 2.85. The number of hydrogen-bond donors (Lipinski definition) is 2. The van der Waals surface area contributed by atoms with E-state index in [-0.39, 0.29) is 36.1 Å². The van der Waals surface area contributed by atoms with Gasteiger partial charge in [0.25, 0.3) is 0 Å². The first kappa shape index (κ1) is 15.3. The lowest BCUT2D eigenvalue weighted by molar-refractivity contribution is -0.384. The Morgan fingerprint density at radius 2 is 2.10 bits per heavy atom. The Morgan fingerprint density at radius 3 is 2.60 bits per heavy atom. The van der Waals surface area contributed by atoms with Gasteiger partial charge in [0.05, 0.1) is 4.92 Å². The number of amides is 1. The molecule has 1 aromatic heterocycles. The minimum Gasteiger partial charge on any atom is -0.477 e. The number of nitrogens with one attached hydrogen (secondary N) is 1. The maximum absolute atomic E-state index is 11.4. The molecule has 0 aliphatic rings. The minimum absolute atomic E-state index is 0.114. The number of aromatic carboxylic acids is 1. The summed E-state index contributed by atoms with van der Waals surface area (Å²) in [6.45, 7) is 0.119. The van der Waals surface area contributed by atoms with Crippen LogP contribution >= 0.6 is 0 Å². The lowest BCUT2D eigenvalue weighted by Gasteiger charge is -2.11. The largest absolute Gasteiger partial charge is 0.477 e. The molecule has 0 aromatic carbocycles. The van der Waals surface area contributed by atoms with Gasteiger partial charge in [-0.25, -0.2) is 9.78 Å². The monoisotopic (exact) mass is 282 g/mol. The highest BCUT2D eigenvalue weighted by Gasteiger charge is 2.18. The summed E-state index contributed by atoms with van der Waals surface area (Å²) in [7, 11) is 3.18. The number of carboxylic acids is 1. The van der Waals surface area contributed by atoms with Crippen molar-refractivity contribution >= 4 is 23.4 Å². The van der Waals surface area contributed by atoms with Gasteiger partial charge in [-0.15, -0.1) is 0 Å². The standard InChI is InChI=1S/C11H14N4O5/c1-14(2)9(16)5-6-12-10-8(15(19)20)4-3-7(13-10)11(17)18/h3-4H,5-6H2,1-2H3,(H,12,13)(H,17,18). The van der Waals surface area contributed by atoms with Crippen LogP contribution in [0, 0.1) is 10.1 Å². The van der Waals surface area contributed by atoms with E-state index in [2.05, 4.69) is 10.3 Å². The second-order valence-corrected chi connectivity index (χ2v) is 4.09. The molecule has 0 radical (unpaired) electrons. The van der Waals surface area contributed by atoms with Gasteiger partial charge in [0, 0.05) is 33.1 Å². The summed E-state index contributed by atoms with van der Waals surface area (Å²) in [5.41, 5.74) is -0.649. The molecule has 20 heavy (non-hydrogen) atoms. The number of nitro groups is 1. The normalized spacial score (nSPS) is 9.90. The van der Waals surface area contributed by atoms with Crippen molar-refractivity contribution in [3.8, 4) is 0 Å². The molecule has 0 spiro atoms. The van der Waals surface area contributed by atoms with E-state index < -0.39 is 10.9 Å². The van der Waals surface area contributed by atoms with Crippen molar-refractivity contribution in [3.63, 3.8) is 0 Å². The first-order valence-electron chi connectivity index (χ1n) is 5.65. The molecule has 1 heterocycles. The van der Waals surface area contributed by atoms with Gasteiger partial charge in [0.2, 0.25) is 11.7 Å². The number of hydrogen-bond acceptors (Lipinski definition) is 6. The van der Waals surface area contributed by atoms with Crippen LogP contribution in [-0.4, -0.2) is 52.4 Å². The summed E-state index contributed by atoms with van der Waals surface area (Å²) in [5.74, 6) is -1.61. The number of aromatic nitrogens is 1. The Bertz CT molecular complexity index is 544. The van der Waals surface area contributed by atoms with Crippen LogP contribution in [0.25, 0.3) is 0 Å². The Kier molecular flexibility index (Phi) is 4.95. The molecule has 0 unspecified atom stereocenters. The predicted molar refractivity (Wildman–Crippen MR) is 69.7 cm³/mol. The van der Waals surface area contributed by atoms with Gasteiger partial charge in [0.1, 0.15) is 0 Å². The van der Waals surface area contributed by atoms with Gasteiger partial charge in [-0.05, 0) is 6.07 Å². The highest BCUT2D eigenvalue weighted by atomic mass is 16.6. The average Bonchev–Trinajstić information content (AvgIpc) is 2.37. The summed E-state index contributed by atoms with van der Waals surface area (Å²) in [5, 5.41) is 22.2. The van der Waals surface area contributed by atoms with Crippen molar-refractivity contribution in [2.75, 3.05) is 26.0 Å². The second kappa shape index (κ2) is 6.45. The first-order chi connectivity index (χ1) is 9.32. The fourth-order valence-corrected chi connectivity index (χ4v) is 1.36. The number of carbonyl (C=O) groups is 2. The predicted octanol–water partition coefficient (Wildman–Crippen LogP) is 0.578. The summed E-state index contributed by atoms with van der Waals surface area (Å²) in [4.78, 5) is 37.3. The highest BCUT2D eigenvalue weighted by molar-refractivity contribution is 5.86. The van der Waals surface area contributed by atoms with E-state index in [0.717, 1.165) is 12.1 Å². The molecule has 9 nitrogen and oxygen atoms in total. The summed E-state index contributed by atoms with van der Waals surface area (Å²) in [6.07, 6.45) is 0.114. The number of anilines is 1. The smallest absolute Gasteiger partial charge is 0.354 e. The van der Waals surface area contributed by atoms with Gasteiger partial charge in [0.15, 0.2) is 5.69 Å². The topological polar surface area (TPSA) is 126 Å². The number of nitrogens with zero attached hydrogens (tertiary/aromatic N) is 3. The Labute approximate surface area is 114 Å². The molecule has 1 rings (SSSR count). The van der Waals surface area contributed by atoms with E-state index >= 15 is 0 Å². The molecule has 0 fully saturated rings. The maximum Gasteiger partial charge on any atom is 0.354 e. The van der Waals surface area contributed by atoms with E-state index in [1.807, 2.05) is 0 Å². The molecule has 0 atom stereocenters. The third-order valence-electron chi connectivity index (χ3n) is 2.42. The van der Waals surface area contributed by atoms with Gasteiger partial charge >= 0.3 is 11.7 Å². The Morgan fingerprint density at radius 1 is 1.45 bits per heavy atom. The molecule has 1 amide bonds. The minimum atomic E-state index is -1.28. The van der Waals surface area contributed by atoms with E-state index in [0.29, 0.717) is 0 Å². The van der Waals surface area contributed by atoms with Gasteiger partial charge < -0.3 is 15.3 Å². The zero-order valence-electron chi connectivity index (χ0n) is 11.0. The van der Waals surface area contributed by atoms with Crippen LogP contribution in [0.5, 0.6) is 0 Å². The van der Waals surface area contributed by atoms with E-state index in [1.165, 1.54) is 4.90 Å². The van der Waals surface area contributed by atoms with Crippen LogP contribution in [0.1, 0.15) is 16.9 Å². The van der Waals surface area contributed by atoms with Crippen LogP contribution in [-0.2, 0) is 4.79 Å². The van der Waals surface area contributed by atoms with E-state index in [4.69, 9.17) is 5.11 Å². The average molecular weight is 282 g/mol. The summed E-state index contributed by atoms with van der Waals surface area (Å²) in [6, 6.07) is 2.11. The SMILES string of the molecule is CN(C)C(=O)CCNc1nc(C(=O)O)ccc1[N+](=O)[O-]. The number of carbonyl (C=O) groups excluding carboxylic acids is 1. The first-order valence-corrected chi connectivity index (χ1v) is 5.65. The van der Waals surface area contributed by atoms with Crippen LogP contribution in [0.3, 0.4) is 0 Å². The molecule has 0 saturated carbocycles. The molecule has 108 valence electrons. The number of carboxylic acid groups (broad SMARTS) is 1. The van der Waals surface area contributed by atoms with Crippen LogP contribution < -0.4 is 5.32 Å². The van der Waals surface area contributed by atoms with Crippen LogP contribution in [0.15, 0.2) is 12.1 Å². The van der Waals surface area contributed by atoms with Gasteiger partial charge in [-0.3, -0.25) is 14.9 Å². The van der Waals surface area contributed by atoms with Crippen molar-refractivity contribution in [1.29, 1.82) is 0 Å². The number of rotatable bonds is 6. The molecule has 9 heteroatoms. The summed E-state index contributed by atoms with van der Waals surface area (Å²) < 4.78 is 0. The quantitative estimate of drug-likeness (QED) is 0.577. The second-order valence-electron chi connectivity index (χ2n) is 4.09. The summed E-state index contributed by atoms with van der Waals surface area (Å²) >= 11 is 0. The molecule has 0 aliphatic carbocycles.